The van der Waals surface area contributed by atoms with Crippen molar-refractivity contribution >= 4 is 5.96 Å². The van der Waals surface area contributed by atoms with E-state index in [1.54, 1.807) is 0 Å². The topological polar surface area (TPSA) is 65.4 Å². The van der Waals surface area contributed by atoms with Crippen LogP contribution in [0.3, 0.4) is 0 Å². The monoisotopic (exact) mass is 222 g/mol. The molecule has 0 spiro atoms. The molecule has 2 N–H and O–H groups in total. The van der Waals surface area contributed by atoms with Crippen molar-refractivity contribution in [3.8, 4) is 6.07 Å². The van der Waals surface area contributed by atoms with Crippen LogP contribution in [0.2, 0.25) is 0 Å². The molecule has 0 aliphatic heterocycles. The van der Waals surface area contributed by atoms with E-state index in [0.717, 1.165) is 12.8 Å². The molecule has 0 radical (unpaired) electrons. The molecule has 0 amide bonds. The van der Waals surface area contributed by atoms with E-state index in [0.29, 0.717) is 18.5 Å². The molecule has 0 bridgehead atoms. The van der Waals surface area contributed by atoms with E-state index < -0.39 is 0 Å². The van der Waals surface area contributed by atoms with Gasteiger partial charge in [-0.2, -0.15) is 5.26 Å². The van der Waals surface area contributed by atoms with Gasteiger partial charge in [-0.3, -0.25) is 0 Å². The van der Waals surface area contributed by atoms with Crippen LogP contribution < -0.4 is 5.73 Å². The molecule has 0 aromatic carbocycles. The second kappa shape index (κ2) is 6.37. The summed E-state index contributed by atoms with van der Waals surface area (Å²) in [6.45, 7) is 2.54. The van der Waals surface area contributed by atoms with Crippen molar-refractivity contribution < 1.29 is 0 Å². The number of nitrogens with two attached hydrogens (primary N) is 1. The molecule has 1 rings (SSSR count). The van der Waals surface area contributed by atoms with E-state index in [-0.39, 0.29) is 5.92 Å². The summed E-state index contributed by atoms with van der Waals surface area (Å²) in [5, 5.41) is 8.73. The zero-order valence-corrected chi connectivity index (χ0v) is 10.3. The van der Waals surface area contributed by atoms with Crippen molar-refractivity contribution in [2.24, 2.45) is 16.6 Å². The highest BCUT2D eigenvalue weighted by atomic mass is 15.2. The lowest BCUT2D eigenvalue weighted by Gasteiger charge is -2.23. The lowest BCUT2D eigenvalue weighted by atomic mass is 9.96. The highest BCUT2D eigenvalue weighted by Crippen LogP contribution is 2.20. The largest absolute Gasteiger partial charge is 0.370 e. The lowest BCUT2D eigenvalue weighted by molar-refractivity contribution is 0.418. The summed E-state index contributed by atoms with van der Waals surface area (Å²) in [5.41, 5.74) is 5.92. The quantitative estimate of drug-likeness (QED) is 0.584. The molecule has 0 aromatic rings. The minimum atomic E-state index is -0.00916. The minimum Gasteiger partial charge on any atom is -0.370 e. The molecule has 1 aliphatic rings. The molecule has 0 saturated heterocycles. The van der Waals surface area contributed by atoms with Gasteiger partial charge >= 0.3 is 0 Å². The Hall–Kier alpha value is -1.24. The number of rotatable bonds is 3. The average molecular weight is 222 g/mol. The number of aliphatic imine (C=N–C) groups is 1. The molecule has 0 aromatic heterocycles. The van der Waals surface area contributed by atoms with E-state index in [4.69, 9.17) is 11.0 Å². The number of hydrogen-bond acceptors (Lipinski definition) is 2. The zero-order chi connectivity index (χ0) is 12.0. The summed E-state index contributed by atoms with van der Waals surface area (Å²) >= 11 is 0. The van der Waals surface area contributed by atoms with Crippen LogP contribution in [0.15, 0.2) is 4.99 Å². The first-order valence-electron chi connectivity index (χ1n) is 6.07. The molecular weight excluding hydrogens is 200 g/mol. The molecule has 1 aliphatic carbocycles. The Morgan fingerprint density at radius 1 is 1.50 bits per heavy atom. The van der Waals surface area contributed by atoms with Gasteiger partial charge in [0.1, 0.15) is 0 Å². The van der Waals surface area contributed by atoms with Crippen LogP contribution in [0.25, 0.3) is 0 Å². The van der Waals surface area contributed by atoms with E-state index in [1.165, 1.54) is 19.3 Å². The van der Waals surface area contributed by atoms with Crippen molar-refractivity contribution in [1.82, 2.24) is 4.90 Å². The van der Waals surface area contributed by atoms with Crippen LogP contribution in [-0.2, 0) is 0 Å². The average Bonchev–Trinajstić information content (AvgIpc) is 2.30. The molecule has 0 heterocycles. The first kappa shape index (κ1) is 12.8. The van der Waals surface area contributed by atoms with Crippen LogP contribution in [0.4, 0.5) is 0 Å². The second-order valence-corrected chi connectivity index (χ2v) is 4.69. The highest BCUT2D eigenvalue weighted by Gasteiger charge is 2.14. The summed E-state index contributed by atoms with van der Waals surface area (Å²) < 4.78 is 0. The van der Waals surface area contributed by atoms with Crippen molar-refractivity contribution in [2.45, 2.75) is 45.1 Å². The van der Waals surface area contributed by atoms with Gasteiger partial charge in [-0.25, -0.2) is 4.99 Å². The van der Waals surface area contributed by atoms with E-state index in [9.17, 15) is 0 Å². The first-order valence-corrected chi connectivity index (χ1v) is 6.07. The van der Waals surface area contributed by atoms with Crippen molar-refractivity contribution in [2.75, 3.05) is 13.6 Å². The zero-order valence-electron chi connectivity index (χ0n) is 10.3. The normalized spacial score (nSPS) is 20.2. The van der Waals surface area contributed by atoms with Gasteiger partial charge in [-0.1, -0.05) is 19.3 Å². The maximum atomic E-state index is 8.73. The summed E-state index contributed by atoms with van der Waals surface area (Å²) in [6, 6.07) is 2.60. The van der Waals surface area contributed by atoms with Crippen molar-refractivity contribution in [3.63, 3.8) is 0 Å². The molecular formula is C12H22N4. The van der Waals surface area contributed by atoms with Gasteiger partial charge in [0.05, 0.1) is 18.0 Å². The molecule has 1 unspecified atom stereocenters. The Morgan fingerprint density at radius 2 is 2.12 bits per heavy atom. The smallest absolute Gasteiger partial charge is 0.191 e. The predicted octanol–water partition coefficient (Wildman–Crippen LogP) is 1.73. The Kier molecular flexibility index (Phi) is 5.10. The van der Waals surface area contributed by atoms with Gasteiger partial charge in [-0.15, -0.1) is 0 Å². The molecule has 4 heteroatoms. The van der Waals surface area contributed by atoms with E-state index >= 15 is 0 Å². The van der Waals surface area contributed by atoms with Gasteiger partial charge in [0.15, 0.2) is 5.96 Å². The number of hydrogen-bond donors (Lipinski definition) is 1. The van der Waals surface area contributed by atoms with Crippen LogP contribution in [0.5, 0.6) is 0 Å². The summed E-state index contributed by atoms with van der Waals surface area (Å²) in [6.07, 6.45) is 6.16. The predicted molar refractivity (Wildman–Crippen MR) is 65.9 cm³/mol. The molecule has 1 saturated carbocycles. The number of nitrogens with zero attached hydrogens (tertiary/aromatic N) is 3. The van der Waals surface area contributed by atoms with Crippen LogP contribution >= 0.6 is 0 Å². The van der Waals surface area contributed by atoms with Gasteiger partial charge in [0, 0.05) is 13.6 Å². The van der Waals surface area contributed by atoms with Gasteiger partial charge in [-0.05, 0) is 19.8 Å². The lowest BCUT2D eigenvalue weighted by Crippen LogP contribution is -2.38. The Balaban J connectivity index is 2.45. The SMILES string of the molecule is CC(C#N)CN(C)C(N)=NC1CCCCC1. The van der Waals surface area contributed by atoms with Crippen molar-refractivity contribution in [3.05, 3.63) is 0 Å². The molecule has 90 valence electrons. The minimum absolute atomic E-state index is 0.00916. The summed E-state index contributed by atoms with van der Waals surface area (Å²) in [4.78, 5) is 6.41. The Labute approximate surface area is 98.1 Å². The highest BCUT2D eigenvalue weighted by molar-refractivity contribution is 5.78. The van der Waals surface area contributed by atoms with Gasteiger partial charge in [0.2, 0.25) is 0 Å². The van der Waals surface area contributed by atoms with E-state index in [1.807, 2.05) is 18.9 Å². The fourth-order valence-corrected chi connectivity index (χ4v) is 2.04. The Bertz CT molecular complexity index is 273. The number of nitriles is 1. The second-order valence-electron chi connectivity index (χ2n) is 4.69. The van der Waals surface area contributed by atoms with Crippen LogP contribution in [0.1, 0.15) is 39.0 Å². The number of guanidine groups is 1. The van der Waals surface area contributed by atoms with Gasteiger partial charge in [0.25, 0.3) is 0 Å². The molecule has 4 nitrogen and oxygen atoms in total. The maximum Gasteiger partial charge on any atom is 0.191 e. The standard InChI is InChI=1S/C12H22N4/c1-10(8-13)9-16(2)12(14)15-11-6-4-3-5-7-11/h10-11H,3-7,9H2,1-2H3,(H2,14,15). The van der Waals surface area contributed by atoms with Gasteiger partial charge < -0.3 is 10.6 Å². The maximum absolute atomic E-state index is 8.73. The van der Waals surface area contributed by atoms with Crippen LogP contribution in [0, 0.1) is 17.2 Å². The third-order valence-electron chi connectivity index (χ3n) is 3.05. The molecule has 1 fully saturated rings. The summed E-state index contributed by atoms with van der Waals surface area (Å²) in [5.74, 6) is 0.569. The first-order chi connectivity index (χ1) is 7.63. The van der Waals surface area contributed by atoms with Crippen LogP contribution in [-0.4, -0.2) is 30.5 Å². The third-order valence-corrected chi connectivity index (χ3v) is 3.05. The Morgan fingerprint density at radius 3 is 2.69 bits per heavy atom. The fraction of sp³-hybridized carbons (Fsp3) is 0.833. The molecule has 16 heavy (non-hydrogen) atoms. The third kappa shape index (κ3) is 4.09. The molecule has 1 atom stereocenters. The van der Waals surface area contributed by atoms with Crippen molar-refractivity contribution in [1.29, 1.82) is 5.26 Å². The fourth-order valence-electron chi connectivity index (χ4n) is 2.04. The van der Waals surface area contributed by atoms with E-state index in [2.05, 4.69) is 11.1 Å². The summed E-state index contributed by atoms with van der Waals surface area (Å²) in [7, 11) is 1.90.